The highest BCUT2D eigenvalue weighted by Gasteiger charge is 2.30. The Morgan fingerprint density at radius 3 is 2.08 bits per heavy atom. The number of thioether (sulfide) groups is 2. The van der Waals surface area contributed by atoms with Gasteiger partial charge in [-0.2, -0.15) is 13.2 Å². The Bertz CT molecular complexity index is 776. The number of halogens is 6. The topological polar surface area (TPSA) is 26.0 Å². The first-order chi connectivity index (χ1) is 11.6. The summed E-state index contributed by atoms with van der Waals surface area (Å²) in [5, 5.41) is 0. The Balaban J connectivity index is 2.55. The van der Waals surface area contributed by atoms with Gasteiger partial charge in [-0.1, -0.05) is 0 Å². The summed E-state index contributed by atoms with van der Waals surface area (Å²) < 4.78 is 78.7. The molecule has 2 aromatic carbocycles. The van der Waals surface area contributed by atoms with E-state index in [0.717, 1.165) is 30.0 Å². The first-order valence-electron chi connectivity index (χ1n) is 6.96. The van der Waals surface area contributed by atoms with Gasteiger partial charge >= 0.3 is 5.51 Å². The SMILES string of the molecule is Cc1cc(F)c(-c2cc(SCCF)c(N)cc2F)cc1SC(F)(F)F. The summed E-state index contributed by atoms with van der Waals surface area (Å²) in [5.74, 6) is -1.65. The molecule has 136 valence electrons. The highest BCUT2D eigenvalue weighted by atomic mass is 32.2. The molecule has 2 N–H and O–H groups in total. The third-order valence-corrected chi connectivity index (χ3v) is 5.13. The predicted octanol–water partition coefficient (Wildman–Crippen LogP) is 6.20. The molecule has 2 rings (SSSR count). The molecule has 0 saturated carbocycles. The van der Waals surface area contributed by atoms with Gasteiger partial charge in [-0.05, 0) is 48.5 Å². The Morgan fingerprint density at radius 2 is 1.52 bits per heavy atom. The molecular formula is C16H13F6NS2. The molecule has 0 aliphatic heterocycles. The number of benzene rings is 2. The van der Waals surface area contributed by atoms with Gasteiger partial charge in [-0.15, -0.1) is 11.8 Å². The molecule has 1 nitrogen and oxygen atoms in total. The molecule has 0 aliphatic rings. The molecule has 25 heavy (non-hydrogen) atoms. The fourth-order valence-corrected chi connectivity index (χ4v) is 3.51. The molecule has 0 fully saturated rings. The van der Waals surface area contributed by atoms with E-state index in [1.807, 2.05) is 0 Å². The van der Waals surface area contributed by atoms with Gasteiger partial charge in [0.05, 0.1) is 6.67 Å². The number of anilines is 1. The van der Waals surface area contributed by atoms with E-state index in [4.69, 9.17) is 5.73 Å². The number of nitrogen functional groups attached to an aromatic ring is 1. The van der Waals surface area contributed by atoms with Crippen molar-refractivity contribution in [1.29, 1.82) is 0 Å². The summed E-state index contributed by atoms with van der Waals surface area (Å²) in [5.41, 5.74) is 0.710. The zero-order chi connectivity index (χ0) is 18.8. The maximum absolute atomic E-state index is 14.3. The van der Waals surface area contributed by atoms with Crippen LogP contribution in [0.1, 0.15) is 5.56 Å². The normalized spacial score (nSPS) is 11.8. The monoisotopic (exact) mass is 397 g/mol. The first-order valence-corrected chi connectivity index (χ1v) is 8.76. The van der Waals surface area contributed by atoms with Crippen LogP contribution in [0.25, 0.3) is 11.1 Å². The van der Waals surface area contributed by atoms with Crippen LogP contribution in [0, 0.1) is 18.6 Å². The summed E-state index contributed by atoms with van der Waals surface area (Å²) in [6.07, 6.45) is 0. The molecule has 0 bridgehead atoms. The summed E-state index contributed by atoms with van der Waals surface area (Å²) >= 11 is 0.617. The smallest absolute Gasteiger partial charge is 0.398 e. The zero-order valence-electron chi connectivity index (χ0n) is 12.9. The van der Waals surface area contributed by atoms with Crippen LogP contribution in [0.5, 0.6) is 0 Å². The number of alkyl halides is 4. The van der Waals surface area contributed by atoms with Gasteiger partial charge in [-0.25, -0.2) is 8.78 Å². The molecule has 9 heteroatoms. The van der Waals surface area contributed by atoms with Crippen molar-refractivity contribution in [2.45, 2.75) is 22.2 Å². The van der Waals surface area contributed by atoms with Crippen molar-refractivity contribution in [3.05, 3.63) is 41.5 Å². The minimum atomic E-state index is -4.55. The van der Waals surface area contributed by atoms with Crippen LogP contribution in [-0.4, -0.2) is 17.9 Å². The van der Waals surface area contributed by atoms with E-state index in [1.165, 1.54) is 13.0 Å². The second-order valence-electron chi connectivity index (χ2n) is 5.05. The number of rotatable bonds is 5. The molecule has 0 atom stereocenters. The van der Waals surface area contributed by atoms with Gasteiger partial charge in [0.2, 0.25) is 0 Å². The van der Waals surface area contributed by atoms with Crippen molar-refractivity contribution in [3.63, 3.8) is 0 Å². The van der Waals surface area contributed by atoms with Crippen molar-refractivity contribution in [3.8, 4) is 11.1 Å². The third-order valence-electron chi connectivity index (χ3n) is 3.21. The molecule has 0 spiro atoms. The minimum Gasteiger partial charge on any atom is -0.398 e. The second kappa shape index (κ2) is 7.82. The van der Waals surface area contributed by atoms with Crippen molar-refractivity contribution in [2.24, 2.45) is 0 Å². The predicted molar refractivity (Wildman–Crippen MR) is 89.6 cm³/mol. The maximum Gasteiger partial charge on any atom is 0.446 e. The third kappa shape index (κ3) is 5.01. The molecular weight excluding hydrogens is 384 g/mol. The molecule has 0 radical (unpaired) electrons. The lowest BCUT2D eigenvalue weighted by atomic mass is 10.0. The largest absolute Gasteiger partial charge is 0.446 e. The van der Waals surface area contributed by atoms with E-state index in [0.29, 0.717) is 4.90 Å². The van der Waals surface area contributed by atoms with Gasteiger partial charge in [0.15, 0.2) is 0 Å². The van der Waals surface area contributed by atoms with Gasteiger partial charge in [0.25, 0.3) is 0 Å². The zero-order valence-corrected chi connectivity index (χ0v) is 14.5. The van der Waals surface area contributed by atoms with Gasteiger partial charge in [0.1, 0.15) is 11.6 Å². The maximum atomic E-state index is 14.3. The number of aryl methyl sites for hydroxylation is 1. The van der Waals surface area contributed by atoms with Crippen molar-refractivity contribution in [2.75, 3.05) is 18.2 Å². The molecule has 0 aliphatic carbocycles. The lowest BCUT2D eigenvalue weighted by Gasteiger charge is -2.14. The summed E-state index contributed by atoms with van der Waals surface area (Å²) in [6.45, 7) is 0.699. The standard InChI is InChI=1S/C16H13F6NS2/c1-8-4-11(18)9(5-14(8)25-16(20,21)22)10-6-15(24-3-2-17)13(23)7-12(10)19/h4-7H,2-3,23H2,1H3. The number of hydrogen-bond acceptors (Lipinski definition) is 3. The average Bonchev–Trinajstić information content (AvgIpc) is 2.48. The van der Waals surface area contributed by atoms with Crippen LogP contribution in [0.3, 0.4) is 0 Å². The van der Waals surface area contributed by atoms with Crippen LogP contribution < -0.4 is 5.73 Å². The summed E-state index contributed by atoms with van der Waals surface area (Å²) in [6, 6.07) is 4.06. The lowest BCUT2D eigenvalue weighted by molar-refractivity contribution is -0.0328. The Labute approximate surface area is 149 Å². The van der Waals surface area contributed by atoms with Crippen molar-refractivity contribution >= 4 is 29.2 Å². The summed E-state index contributed by atoms with van der Waals surface area (Å²) in [7, 11) is 0. The fourth-order valence-electron chi connectivity index (χ4n) is 2.14. The van der Waals surface area contributed by atoms with E-state index < -0.39 is 35.6 Å². The highest BCUT2D eigenvalue weighted by Crippen LogP contribution is 2.42. The Kier molecular flexibility index (Phi) is 6.21. The first kappa shape index (κ1) is 19.8. The molecule has 0 unspecified atom stereocenters. The average molecular weight is 397 g/mol. The van der Waals surface area contributed by atoms with Crippen LogP contribution in [0.2, 0.25) is 0 Å². The van der Waals surface area contributed by atoms with E-state index in [2.05, 4.69) is 0 Å². The van der Waals surface area contributed by atoms with E-state index in [-0.39, 0.29) is 33.0 Å². The molecule has 0 aromatic heterocycles. The summed E-state index contributed by atoms with van der Waals surface area (Å²) in [4.78, 5) is 0.108. The van der Waals surface area contributed by atoms with Gasteiger partial charge in [-0.3, -0.25) is 4.39 Å². The highest BCUT2D eigenvalue weighted by molar-refractivity contribution is 8.00. The van der Waals surface area contributed by atoms with Crippen LogP contribution in [0.4, 0.5) is 32.0 Å². The molecule has 0 saturated heterocycles. The van der Waals surface area contributed by atoms with Gasteiger partial charge in [0, 0.05) is 32.4 Å². The second-order valence-corrected chi connectivity index (χ2v) is 7.30. The van der Waals surface area contributed by atoms with E-state index in [1.54, 1.807) is 0 Å². The van der Waals surface area contributed by atoms with Crippen molar-refractivity contribution in [1.82, 2.24) is 0 Å². The van der Waals surface area contributed by atoms with Crippen LogP contribution in [-0.2, 0) is 0 Å². The van der Waals surface area contributed by atoms with E-state index in [9.17, 15) is 26.3 Å². The van der Waals surface area contributed by atoms with Crippen molar-refractivity contribution < 1.29 is 26.3 Å². The lowest BCUT2D eigenvalue weighted by Crippen LogP contribution is -2.01. The van der Waals surface area contributed by atoms with Crippen LogP contribution in [0.15, 0.2) is 34.1 Å². The number of nitrogens with two attached hydrogens (primary N) is 1. The van der Waals surface area contributed by atoms with E-state index >= 15 is 0 Å². The van der Waals surface area contributed by atoms with Crippen LogP contribution >= 0.6 is 23.5 Å². The molecule has 0 amide bonds. The number of hydrogen-bond donors (Lipinski definition) is 1. The minimum absolute atomic E-state index is 0.0529. The molecule has 2 aromatic rings. The molecule has 0 heterocycles. The fraction of sp³-hybridized carbons (Fsp3) is 0.250. The quantitative estimate of drug-likeness (QED) is 0.370. The Hall–Kier alpha value is -1.48. The van der Waals surface area contributed by atoms with Gasteiger partial charge < -0.3 is 5.73 Å². The Morgan fingerprint density at radius 1 is 0.960 bits per heavy atom.